The van der Waals surface area contributed by atoms with Crippen molar-refractivity contribution in [3.63, 3.8) is 0 Å². The number of benzene rings is 1. The Balaban J connectivity index is 1.93. The number of amides is 1. The predicted molar refractivity (Wildman–Crippen MR) is 117 cm³/mol. The van der Waals surface area contributed by atoms with E-state index in [2.05, 4.69) is 53.8 Å². The van der Waals surface area contributed by atoms with E-state index in [-0.39, 0.29) is 18.2 Å². The van der Waals surface area contributed by atoms with E-state index in [4.69, 9.17) is 9.47 Å². The number of hydrogen-bond acceptors (Lipinski definition) is 3. The lowest BCUT2D eigenvalue weighted by Crippen LogP contribution is -2.55. The Morgan fingerprint density at radius 3 is 2.82 bits per heavy atom. The molecule has 0 heterocycles. The van der Waals surface area contributed by atoms with Crippen LogP contribution in [-0.4, -0.2) is 42.3 Å². The molecule has 0 spiro atoms. The Bertz CT molecular complexity index is 670. The molecule has 2 fully saturated rings. The molecule has 6 heteroatoms. The van der Waals surface area contributed by atoms with Crippen LogP contribution in [0, 0.1) is 9.49 Å². The van der Waals surface area contributed by atoms with Gasteiger partial charge in [0.15, 0.2) is 0 Å². The van der Waals surface area contributed by atoms with Crippen LogP contribution in [0.3, 0.4) is 0 Å². The van der Waals surface area contributed by atoms with E-state index in [0.717, 1.165) is 38.5 Å². The van der Waals surface area contributed by atoms with Crippen molar-refractivity contribution in [2.75, 3.05) is 13.9 Å². The SMILES string of the molecule is CCCCCC(OCOC)N(C(=O)O)[C@H]1CC2CC[C@@]1(c1ccccc1I)C2. The smallest absolute Gasteiger partial charge is 0.409 e. The quantitative estimate of drug-likeness (QED) is 0.257. The summed E-state index contributed by atoms with van der Waals surface area (Å²) in [5.74, 6) is 0.599. The highest BCUT2D eigenvalue weighted by Gasteiger charge is 2.57. The van der Waals surface area contributed by atoms with E-state index in [0.29, 0.717) is 12.3 Å². The summed E-state index contributed by atoms with van der Waals surface area (Å²) in [6.07, 6.45) is 6.77. The summed E-state index contributed by atoms with van der Waals surface area (Å²) in [4.78, 5) is 14.1. The van der Waals surface area contributed by atoms with Gasteiger partial charge in [0.1, 0.15) is 13.0 Å². The summed E-state index contributed by atoms with van der Waals surface area (Å²) < 4.78 is 12.3. The Morgan fingerprint density at radius 2 is 2.18 bits per heavy atom. The van der Waals surface area contributed by atoms with Crippen LogP contribution in [0.4, 0.5) is 4.79 Å². The van der Waals surface area contributed by atoms with Crippen LogP contribution in [0.15, 0.2) is 24.3 Å². The molecule has 1 aromatic carbocycles. The maximum atomic E-state index is 12.5. The highest BCUT2D eigenvalue weighted by atomic mass is 127. The molecular formula is C22H32INO4. The first kappa shape index (κ1) is 21.8. The number of unbranched alkanes of at least 4 members (excludes halogenated alkanes) is 2. The topological polar surface area (TPSA) is 59.0 Å². The second-order valence-corrected chi connectivity index (χ2v) is 9.37. The van der Waals surface area contributed by atoms with E-state index in [9.17, 15) is 9.90 Å². The van der Waals surface area contributed by atoms with Crippen LogP contribution in [0.1, 0.15) is 63.9 Å². The number of carboxylic acid groups (broad SMARTS) is 1. The normalized spacial score (nSPS) is 27.1. The van der Waals surface area contributed by atoms with Gasteiger partial charge in [0, 0.05) is 22.1 Å². The fraction of sp³-hybridized carbons (Fsp3) is 0.682. The molecule has 0 aromatic heterocycles. The first-order valence-corrected chi connectivity index (χ1v) is 11.5. The van der Waals surface area contributed by atoms with Gasteiger partial charge in [0.05, 0.1) is 0 Å². The van der Waals surface area contributed by atoms with E-state index >= 15 is 0 Å². The molecule has 4 atom stereocenters. The number of methoxy groups -OCH3 is 1. The van der Waals surface area contributed by atoms with Gasteiger partial charge in [-0.2, -0.15) is 0 Å². The maximum Gasteiger partial charge on any atom is 0.409 e. The van der Waals surface area contributed by atoms with Crippen molar-refractivity contribution >= 4 is 28.7 Å². The summed E-state index contributed by atoms with van der Waals surface area (Å²) in [6, 6.07) is 8.44. The van der Waals surface area contributed by atoms with E-state index < -0.39 is 12.3 Å². The first-order valence-electron chi connectivity index (χ1n) is 10.4. The molecule has 28 heavy (non-hydrogen) atoms. The van der Waals surface area contributed by atoms with Gasteiger partial charge in [-0.05, 0) is 78.7 Å². The number of rotatable bonds is 10. The van der Waals surface area contributed by atoms with Crippen molar-refractivity contribution in [2.24, 2.45) is 5.92 Å². The number of carbonyl (C=O) groups is 1. The van der Waals surface area contributed by atoms with Crippen molar-refractivity contribution in [3.05, 3.63) is 33.4 Å². The molecule has 0 aliphatic heterocycles. The lowest BCUT2D eigenvalue weighted by Gasteiger charge is -2.45. The fourth-order valence-electron chi connectivity index (χ4n) is 5.37. The maximum absolute atomic E-state index is 12.5. The Labute approximate surface area is 181 Å². The molecule has 5 nitrogen and oxygen atoms in total. The Morgan fingerprint density at radius 1 is 1.39 bits per heavy atom. The number of halogens is 1. The van der Waals surface area contributed by atoms with Crippen LogP contribution in [0.5, 0.6) is 0 Å². The van der Waals surface area contributed by atoms with Crippen LogP contribution < -0.4 is 0 Å². The zero-order valence-electron chi connectivity index (χ0n) is 16.9. The Hall–Kier alpha value is -0.860. The minimum atomic E-state index is -0.875. The second kappa shape index (κ2) is 9.76. The molecule has 0 radical (unpaired) electrons. The largest absolute Gasteiger partial charge is 0.465 e. The third kappa shape index (κ3) is 4.33. The van der Waals surface area contributed by atoms with Gasteiger partial charge in [-0.25, -0.2) is 4.79 Å². The van der Waals surface area contributed by atoms with E-state index in [1.165, 1.54) is 15.6 Å². The first-order chi connectivity index (χ1) is 13.5. The molecule has 156 valence electrons. The second-order valence-electron chi connectivity index (χ2n) is 8.21. The van der Waals surface area contributed by atoms with E-state index in [1.54, 1.807) is 12.0 Å². The van der Waals surface area contributed by atoms with Gasteiger partial charge in [0.2, 0.25) is 0 Å². The lowest BCUT2D eigenvalue weighted by atomic mass is 9.73. The van der Waals surface area contributed by atoms with Crippen molar-refractivity contribution in [1.29, 1.82) is 0 Å². The van der Waals surface area contributed by atoms with Gasteiger partial charge in [0.25, 0.3) is 0 Å². The van der Waals surface area contributed by atoms with Crippen LogP contribution >= 0.6 is 22.6 Å². The summed E-state index contributed by atoms with van der Waals surface area (Å²) in [5.41, 5.74) is 1.21. The highest BCUT2D eigenvalue weighted by Crippen LogP contribution is 2.58. The van der Waals surface area contributed by atoms with Crippen molar-refractivity contribution in [2.45, 2.75) is 76.0 Å². The number of hydrogen-bond donors (Lipinski definition) is 1. The summed E-state index contributed by atoms with van der Waals surface area (Å²) in [7, 11) is 1.58. The van der Waals surface area contributed by atoms with Gasteiger partial charge in [-0.15, -0.1) is 0 Å². The van der Waals surface area contributed by atoms with Crippen molar-refractivity contribution in [3.8, 4) is 0 Å². The molecule has 2 bridgehead atoms. The number of fused-ring (bicyclic) bond motifs is 2. The molecule has 2 saturated carbocycles. The minimum Gasteiger partial charge on any atom is -0.465 e. The molecule has 2 unspecified atom stereocenters. The summed E-state index contributed by atoms with van der Waals surface area (Å²) in [5, 5.41) is 10.2. The fourth-order valence-corrected chi connectivity index (χ4v) is 6.29. The zero-order valence-corrected chi connectivity index (χ0v) is 19.1. The predicted octanol–water partition coefficient (Wildman–Crippen LogP) is 5.61. The number of nitrogens with zero attached hydrogens (tertiary/aromatic N) is 1. The van der Waals surface area contributed by atoms with Crippen molar-refractivity contribution in [1.82, 2.24) is 4.90 Å². The summed E-state index contributed by atoms with van der Waals surface area (Å²) >= 11 is 2.40. The monoisotopic (exact) mass is 501 g/mol. The molecule has 1 aromatic rings. The third-order valence-electron chi connectivity index (χ3n) is 6.56. The molecule has 3 rings (SSSR count). The van der Waals surface area contributed by atoms with Gasteiger partial charge in [-0.1, -0.05) is 38.0 Å². The molecule has 1 amide bonds. The average molecular weight is 501 g/mol. The molecule has 2 aliphatic carbocycles. The van der Waals surface area contributed by atoms with Gasteiger partial charge >= 0.3 is 6.09 Å². The lowest BCUT2D eigenvalue weighted by molar-refractivity contribution is -0.140. The molecule has 0 saturated heterocycles. The van der Waals surface area contributed by atoms with Gasteiger partial charge < -0.3 is 14.6 Å². The standard InChI is InChI=1S/C22H32INO4/c1-3-4-5-10-20(28-15-27-2)24(21(25)26)19-13-16-11-12-22(19,14-16)17-8-6-7-9-18(17)23/h6-9,16,19-20H,3-5,10-15H2,1-2H3,(H,25,26)/t16?,19-,20?,22-/m0/s1. The molecule has 2 aliphatic rings. The summed E-state index contributed by atoms with van der Waals surface area (Å²) in [6.45, 7) is 2.27. The number of ether oxygens (including phenoxy) is 2. The Kier molecular flexibility index (Phi) is 7.61. The van der Waals surface area contributed by atoms with E-state index in [1.807, 2.05) is 0 Å². The average Bonchev–Trinajstić information content (AvgIpc) is 3.25. The minimum absolute atomic E-state index is 0.0388. The highest BCUT2D eigenvalue weighted by molar-refractivity contribution is 14.1. The molecular weight excluding hydrogens is 469 g/mol. The van der Waals surface area contributed by atoms with Crippen molar-refractivity contribution < 1.29 is 19.4 Å². The molecule has 1 N–H and O–H groups in total. The zero-order chi connectivity index (χ0) is 20.1. The van der Waals surface area contributed by atoms with Crippen LogP contribution in [0.2, 0.25) is 0 Å². The van der Waals surface area contributed by atoms with Crippen LogP contribution in [0.25, 0.3) is 0 Å². The third-order valence-corrected chi connectivity index (χ3v) is 7.50. The van der Waals surface area contributed by atoms with Gasteiger partial charge in [-0.3, -0.25) is 4.90 Å². The van der Waals surface area contributed by atoms with Crippen LogP contribution in [-0.2, 0) is 14.9 Å².